The van der Waals surface area contributed by atoms with Crippen LogP contribution < -0.4 is 0 Å². The summed E-state index contributed by atoms with van der Waals surface area (Å²) in [5.41, 5.74) is 0. The fourth-order valence-electron chi connectivity index (χ4n) is 2.59. The Hall–Kier alpha value is -1.42. The first-order chi connectivity index (χ1) is 13.2. The molecule has 0 rings (SSSR count). The van der Waals surface area contributed by atoms with Crippen molar-refractivity contribution in [3.8, 4) is 0 Å². The molecule has 0 amide bonds. The number of carbonyl (C=O) groups excluding carboxylic acids is 1. The van der Waals surface area contributed by atoms with E-state index in [1.165, 1.54) is 6.92 Å². The van der Waals surface area contributed by atoms with Crippen molar-refractivity contribution in [1.29, 1.82) is 0 Å². The van der Waals surface area contributed by atoms with Crippen molar-refractivity contribution in [2.75, 3.05) is 6.61 Å². The highest BCUT2D eigenvalue weighted by Gasteiger charge is 2.81. The maximum absolute atomic E-state index is 13.7. The van der Waals surface area contributed by atoms with Crippen LogP contribution in [0, 0.1) is 5.92 Å². The largest absolute Gasteiger partial charge is 0.466 e. The summed E-state index contributed by atoms with van der Waals surface area (Å²) in [7, 11) is 0. The summed E-state index contributed by atoms with van der Waals surface area (Å²) in [5.74, 6) is -21.6. The Labute approximate surface area is 163 Å². The molecule has 0 saturated carbocycles. The van der Waals surface area contributed by atoms with E-state index < -0.39 is 48.7 Å². The van der Waals surface area contributed by atoms with E-state index in [1.54, 1.807) is 6.08 Å². The molecular weight excluding hydrogens is 419 g/mol. The van der Waals surface area contributed by atoms with Gasteiger partial charge in [-0.3, -0.25) is 4.79 Å². The molecular formula is C18H25F9O2. The quantitative estimate of drug-likeness (QED) is 0.126. The zero-order valence-corrected chi connectivity index (χ0v) is 15.9. The monoisotopic (exact) mass is 444 g/mol. The zero-order valence-electron chi connectivity index (χ0n) is 15.9. The average Bonchev–Trinajstić information content (AvgIpc) is 2.59. The highest BCUT2D eigenvalue weighted by molar-refractivity contribution is 5.72. The third-order valence-corrected chi connectivity index (χ3v) is 4.35. The number of rotatable bonds is 14. The minimum atomic E-state index is -6.92. The number of carbonyl (C=O) groups is 1. The number of alkyl halides is 9. The Morgan fingerprint density at radius 3 is 1.93 bits per heavy atom. The molecule has 0 aromatic heterocycles. The highest BCUT2D eigenvalue weighted by Crippen LogP contribution is 2.54. The molecule has 1 unspecified atom stereocenters. The average molecular weight is 444 g/mol. The van der Waals surface area contributed by atoms with Gasteiger partial charge < -0.3 is 4.74 Å². The lowest BCUT2D eigenvalue weighted by atomic mass is 9.91. The van der Waals surface area contributed by atoms with Gasteiger partial charge in [0.25, 0.3) is 0 Å². The molecule has 1 atom stereocenters. The molecule has 172 valence electrons. The Morgan fingerprint density at radius 1 is 0.897 bits per heavy atom. The summed E-state index contributed by atoms with van der Waals surface area (Å²) in [6.45, 7) is 4.81. The van der Waals surface area contributed by atoms with Crippen molar-refractivity contribution >= 4 is 5.97 Å². The molecule has 0 aromatic carbocycles. The first-order valence-corrected chi connectivity index (χ1v) is 9.13. The molecule has 0 aliphatic rings. The fourth-order valence-corrected chi connectivity index (χ4v) is 2.59. The minimum absolute atomic E-state index is 0.0375. The molecule has 0 aliphatic heterocycles. The van der Waals surface area contributed by atoms with Gasteiger partial charge in [0.05, 0.1) is 12.5 Å². The number of hydrogen-bond acceptors (Lipinski definition) is 2. The molecule has 11 heteroatoms. The topological polar surface area (TPSA) is 26.3 Å². The molecule has 2 nitrogen and oxygen atoms in total. The maximum Gasteiger partial charge on any atom is 0.460 e. The third kappa shape index (κ3) is 7.40. The lowest BCUT2D eigenvalue weighted by Crippen LogP contribution is -2.60. The van der Waals surface area contributed by atoms with Crippen molar-refractivity contribution in [2.45, 2.75) is 82.2 Å². The maximum atomic E-state index is 13.7. The first kappa shape index (κ1) is 27.6. The van der Waals surface area contributed by atoms with Crippen LogP contribution in [-0.2, 0) is 9.53 Å². The molecule has 0 N–H and O–H groups in total. The minimum Gasteiger partial charge on any atom is -0.466 e. The van der Waals surface area contributed by atoms with Crippen molar-refractivity contribution in [2.24, 2.45) is 5.92 Å². The Kier molecular flexibility index (Phi) is 10.6. The van der Waals surface area contributed by atoms with Gasteiger partial charge in [0, 0.05) is 6.42 Å². The van der Waals surface area contributed by atoms with E-state index in [-0.39, 0.29) is 13.0 Å². The van der Waals surface area contributed by atoms with Crippen LogP contribution >= 0.6 is 0 Å². The molecule has 29 heavy (non-hydrogen) atoms. The van der Waals surface area contributed by atoms with E-state index >= 15 is 0 Å². The van der Waals surface area contributed by atoms with Crippen LogP contribution in [-0.4, -0.2) is 36.5 Å². The Bertz CT molecular complexity index is 516. The normalized spacial score (nSPS) is 14.6. The van der Waals surface area contributed by atoms with Crippen LogP contribution in [0.25, 0.3) is 0 Å². The lowest BCUT2D eigenvalue weighted by molar-refractivity contribution is -0.396. The van der Waals surface area contributed by atoms with E-state index in [2.05, 4.69) is 11.3 Å². The smallest absolute Gasteiger partial charge is 0.460 e. The second kappa shape index (κ2) is 11.1. The Balaban J connectivity index is 5.10. The number of allylic oxidation sites excluding steroid dienone is 1. The van der Waals surface area contributed by atoms with Gasteiger partial charge in [-0.25, -0.2) is 0 Å². The summed E-state index contributed by atoms with van der Waals surface area (Å²) in [5, 5.41) is 0. The summed E-state index contributed by atoms with van der Waals surface area (Å²) < 4.78 is 121. The van der Waals surface area contributed by atoms with Crippen molar-refractivity contribution in [3.63, 3.8) is 0 Å². The van der Waals surface area contributed by atoms with Gasteiger partial charge in [-0.15, -0.1) is 6.58 Å². The van der Waals surface area contributed by atoms with Crippen LogP contribution in [0.15, 0.2) is 12.7 Å². The predicted molar refractivity (Wildman–Crippen MR) is 88.2 cm³/mol. The van der Waals surface area contributed by atoms with Crippen molar-refractivity contribution in [3.05, 3.63) is 12.7 Å². The molecule has 0 fully saturated rings. The summed E-state index contributed by atoms with van der Waals surface area (Å²) in [6.07, 6.45) is -5.03. The SMILES string of the molecule is C=CCCCCCCC(CCC(F)(F)C(F)(F)C(F)(F)C(F)(F)F)C(=O)OCC. The molecule has 0 spiro atoms. The third-order valence-electron chi connectivity index (χ3n) is 4.35. The second-order valence-electron chi connectivity index (χ2n) is 6.62. The van der Waals surface area contributed by atoms with Gasteiger partial charge in [-0.2, -0.15) is 39.5 Å². The van der Waals surface area contributed by atoms with Crippen LogP contribution in [0.4, 0.5) is 39.5 Å². The molecule has 0 aliphatic carbocycles. The van der Waals surface area contributed by atoms with Crippen LogP contribution in [0.2, 0.25) is 0 Å². The Morgan fingerprint density at radius 2 is 1.45 bits per heavy atom. The number of ether oxygens (including phenoxy) is 1. The number of esters is 1. The summed E-state index contributed by atoms with van der Waals surface area (Å²) >= 11 is 0. The van der Waals surface area contributed by atoms with Gasteiger partial charge in [-0.1, -0.05) is 25.3 Å². The van der Waals surface area contributed by atoms with Crippen molar-refractivity contribution in [1.82, 2.24) is 0 Å². The summed E-state index contributed by atoms with van der Waals surface area (Å²) in [4.78, 5) is 11.8. The highest BCUT2D eigenvalue weighted by atomic mass is 19.4. The van der Waals surface area contributed by atoms with Crippen LogP contribution in [0.3, 0.4) is 0 Å². The van der Waals surface area contributed by atoms with E-state index in [9.17, 15) is 44.3 Å². The van der Waals surface area contributed by atoms with Gasteiger partial charge in [0.2, 0.25) is 0 Å². The molecule has 0 saturated heterocycles. The fraction of sp³-hybridized carbons (Fsp3) is 0.833. The first-order valence-electron chi connectivity index (χ1n) is 9.13. The van der Waals surface area contributed by atoms with Gasteiger partial charge >= 0.3 is 29.9 Å². The van der Waals surface area contributed by atoms with Gasteiger partial charge in [-0.05, 0) is 32.6 Å². The molecule has 0 aromatic rings. The van der Waals surface area contributed by atoms with Crippen LogP contribution in [0.5, 0.6) is 0 Å². The second-order valence-corrected chi connectivity index (χ2v) is 6.62. The predicted octanol–water partition coefficient (Wildman–Crippen LogP) is 6.94. The van der Waals surface area contributed by atoms with Crippen molar-refractivity contribution < 1.29 is 49.0 Å². The summed E-state index contributed by atoms with van der Waals surface area (Å²) in [6, 6.07) is 0. The van der Waals surface area contributed by atoms with Gasteiger partial charge in [0.1, 0.15) is 0 Å². The van der Waals surface area contributed by atoms with Gasteiger partial charge in [0.15, 0.2) is 0 Å². The zero-order chi connectivity index (χ0) is 22.9. The van der Waals surface area contributed by atoms with E-state index in [0.717, 1.165) is 19.3 Å². The van der Waals surface area contributed by atoms with E-state index in [0.29, 0.717) is 12.8 Å². The lowest BCUT2D eigenvalue weighted by Gasteiger charge is -2.34. The number of unbranched alkanes of at least 4 members (excludes halogenated alkanes) is 4. The molecule has 0 bridgehead atoms. The molecule has 0 radical (unpaired) electrons. The van der Waals surface area contributed by atoms with Crippen LogP contribution in [0.1, 0.15) is 58.3 Å². The number of hydrogen-bond donors (Lipinski definition) is 0. The standard InChI is InChI=1S/C18H25F9O2/c1-3-5-6-7-8-9-10-13(14(28)29-4-2)11-12-15(19,20)16(21,22)17(23,24)18(25,26)27/h3,13H,1,4-12H2,2H3. The van der Waals surface area contributed by atoms with E-state index in [4.69, 9.17) is 0 Å². The van der Waals surface area contributed by atoms with E-state index in [1.807, 2.05) is 0 Å². The molecule has 0 heterocycles. The number of halogens is 9.